The van der Waals surface area contributed by atoms with E-state index in [2.05, 4.69) is 10.0 Å². The van der Waals surface area contributed by atoms with Crippen molar-refractivity contribution in [2.45, 2.75) is 12.2 Å². The van der Waals surface area contributed by atoms with E-state index in [1.54, 1.807) is 0 Å². The Bertz CT molecular complexity index is 390. The molecular formula is C11H18N2O2S. The molecule has 4 nitrogen and oxygen atoms in total. The van der Waals surface area contributed by atoms with Crippen LogP contribution in [0.3, 0.4) is 0 Å². The monoisotopic (exact) mass is 242 g/mol. The lowest BCUT2D eigenvalue weighted by atomic mass is 10.2. The predicted molar refractivity (Wildman–Crippen MR) is 65.6 cm³/mol. The summed E-state index contributed by atoms with van der Waals surface area (Å²) in [5, 5.41) is 2.97. The maximum absolute atomic E-state index is 11.6. The third-order valence-corrected chi connectivity index (χ3v) is 3.48. The molecule has 0 aliphatic heterocycles. The predicted octanol–water partition coefficient (Wildman–Crippen LogP) is 0.716. The molecule has 0 atom stereocenters. The van der Waals surface area contributed by atoms with E-state index >= 15 is 0 Å². The lowest BCUT2D eigenvalue weighted by Gasteiger charge is -2.06. The highest BCUT2D eigenvalue weighted by Crippen LogP contribution is 2.03. The molecule has 1 aromatic carbocycles. The molecule has 1 aromatic rings. The second kappa shape index (κ2) is 6.62. The van der Waals surface area contributed by atoms with Gasteiger partial charge >= 0.3 is 0 Å². The van der Waals surface area contributed by atoms with Crippen LogP contribution in [-0.4, -0.2) is 28.6 Å². The first-order valence-electron chi connectivity index (χ1n) is 5.30. The van der Waals surface area contributed by atoms with Crippen molar-refractivity contribution in [2.24, 2.45) is 0 Å². The maximum Gasteiger partial charge on any atom is 0.215 e. The molecule has 0 aliphatic carbocycles. The summed E-state index contributed by atoms with van der Waals surface area (Å²) in [6.45, 7) is 1.30. The molecule has 90 valence electrons. The molecule has 0 spiro atoms. The highest BCUT2D eigenvalue weighted by Gasteiger charge is 2.09. The Hall–Kier alpha value is -0.910. The summed E-state index contributed by atoms with van der Waals surface area (Å²) in [4.78, 5) is 0. The molecule has 0 amide bonds. The molecule has 5 heteroatoms. The van der Waals surface area contributed by atoms with Gasteiger partial charge in [0, 0.05) is 6.54 Å². The van der Waals surface area contributed by atoms with Gasteiger partial charge in [0.25, 0.3) is 0 Å². The summed E-state index contributed by atoms with van der Waals surface area (Å²) in [6.07, 6.45) is 0.796. The van der Waals surface area contributed by atoms with Crippen LogP contribution in [0.1, 0.15) is 12.0 Å². The molecule has 0 saturated carbocycles. The second-order valence-electron chi connectivity index (χ2n) is 3.60. The Morgan fingerprint density at radius 3 is 2.44 bits per heavy atom. The van der Waals surface area contributed by atoms with Crippen molar-refractivity contribution in [1.82, 2.24) is 10.0 Å². The Morgan fingerprint density at radius 1 is 1.12 bits per heavy atom. The Kier molecular flexibility index (Phi) is 5.45. The lowest BCUT2D eigenvalue weighted by Crippen LogP contribution is -2.27. The number of hydrogen-bond acceptors (Lipinski definition) is 3. The van der Waals surface area contributed by atoms with E-state index in [-0.39, 0.29) is 5.75 Å². The van der Waals surface area contributed by atoms with E-state index in [1.165, 1.54) is 0 Å². The van der Waals surface area contributed by atoms with Crippen molar-refractivity contribution in [2.75, 3.05) is 20.1 Å². The summed E-state index contributed by atoms with van der Waals surface area (Å²) < 4.78 is 25.8. The molecule has 16 heavy (non-hydrogen) atoms. The highest BCUT2D eigenvalue weighted by molar-refractivity contribution is 7.88. The third-order valence-electron chi connectivity index (χ3n) is 2.13. The number of nitrogens with one attached hydrogen (secondary N) is 2. The second-order valence-corrected chi connectivity index (χ2v) is 5.40. The van der Waals surface area contributed by atoms with Gasteiger partial charge in [0.05, 0.1) is 5.75 Å². The van der Waals surface area contributed by atoms with E-state index in [0.717, 1.165) is 18.5 Å². The van der Waals surface area contributed by atoms with Crippen molar-refractivity contribution in [3.05, 3.63) is 35.9 Å². The number of sulfonamides is 1. The summed E-state index contributed by atoms with van der Waals surface area (Å²) in [6, 6.07) is 9.17. The Morgan fingerprint density at radius 2 is 1.81 bits per heavy atom. The zero-order chi connectivity index (χ0) is 11.9. The van der Waals surface area contributed by atoms with Crippen LogP contribution in [0.2, 0.25) is 0 Å². The molecule has 0 unspecified atom stereocenters. The normalized spacial score (nSPS) is 11.6. The van der Waals surface area contributed by atoms with Crippen molar-refractivity contribution in [3.63, 3.8) is 0 Å². The summed E-state index contributed by atoms with van der Waals surface area (Å²) >= 11 is 0. The maximum atomic E-state index is 11.6. The van der Waals surface area contributed by atoms with Crippen molar-refractivity contribution in [1.29, 1.82) is 0 Å². The number of benzene rings is 1. The van der Waals surface area contributed by atoms with Gasteiger partial charge in [-0.25, -0.2) is 13.1 Å². The first-order chi connectivity index (χ1) is 7.64. The third kappa shape index (κ3) is 5.25. The molecule has 0 aromatic heterocycles. The minimum atomic E-state index is -3.19. The van der Waals surface area contributed by atoms with E-state index in [0.29, 0.717) is 6.54 Å². The Labute approximate surface area is 97.1 Å². The number of rotatable bonds is 7. The van der Waals surface area contributed by atoms with Crippen LogP contribution in [0, 0.1) is 0 Å². The fourth-order valence-corrected chi connectivity index (χ4v) is 2.53. The first kappa shape index (κ1) is 13.2. The first-order valence-corrected chi connectivity index (χ1v) is 6.95. The van der Waals surface area contributed by atoms with E-state index in [9.17, 15) is 8.42 Å². The van der Waals surface area contributed by atoms with Gasteiger partial charge in [-0.3, -0.25) is 0 Å². The van der Waals surface area contributed by atoms with Gasteiger partial charge in [0.1, 0.15) is 0 Å². The van der Waals surface area contributed by atoms with Crippen LogP contribution in [0.5, 0.6) is 0 Å². The van der Waals surface area contributed by atoms with Gasteiger partial charge in [-0.05, 0) is 25.6 Å². The lowest BCUT2D eigenvalue weighted by molar-refractivity contribution is 0.576. The summed E-state index contributed by atoms with van der Waals surface area (Å²) in [5.74, 6) is 0.0490. The van der Waals surface area contributed by atoms with Crippen LogP contribution in [0.15, 0.2) is 30.3 Å². The fourth-order valence-electron chi connectivity index (χ4n) is 1.34. The fraction of sp³-hybridized carbons (Fsp3) is 0.455. The molecule has 0 aliphatic rings. The molecule has 0 fully saturated rings. The van der Waals surface area contributed by atoms with Crippen molar-refractivity contribution >= 4 is 10.0 Å². The van der Waals surface area contributed by atoms with Gasteiger partial charge in [0.15, 0.2) is 0 Å². The molecule has 1 rings (SSSR count). The van der Waals surface area contributed by atoms with Crippen molar-refractivity contribution in [3.8, 4) is 0 Å². The molecule has 2 N–H and O–H groups in total. The van der Waals surface area contributed by atoms with E-state index in [1.807, 2.05) is 37.4 Å². The standard InChI is InChI=1S/C11H18N2O2S/c1-12-8-5-9-13-16(14,15)10-11-6-3-2-4-7-11/h2-4,6-7,12-13H,5,8-10H2,1H3. The topological polar surface area (TPSA) is 58.2 Å². The zero-order valence-electron chi connectivity index (χ0n) is 9.44. The van der Waals surface area contributed by atoms with Crippen LogP contribution >= 0.6 is 0 Å². The molecule has 0 heterocycles. The van der Waals surface area contributed by atoms with Gasteiger partial charge in [-0.1, -0.05) is 30.3 Å². The molecule has 0 saturated heterocycles. The van der Waals surface area contributed by atoms with Crippen LogP contribution < -0.4 is 10.0 Å². The van der Waals surface area contributed by atoms with Crippen LogP contribution in [0.25, 0.3) is 0 Å². The van der Waals surface area contributed by atoms with Crippen LogP contribution in [0.4, 0.5) is 0 Å². The minimum Gasteiger partial charge on any atom is -0.320 e. The average Bonchev–Trinajstić information content (AvgIpc) is 2.25. The highest BCUT2D eigenvalue weighted by atomic mass is 32.2. The number of hydrogen-bond donors (Lipinski definition) is 2. The minimum absolute atomic E-state index is 0.0490. The molecular weight excluding hydrogens is 224 g/mol. The smallest absolute Gasteiger partial charge is 0.215 e. The van der Waals surface area contributed by atoms with E-state index in [4.69, 9.17) is 0 Å². The van der Waals surface area contributed by atoms with Crippen molar-refractivity contribution < 1.29 is 8.42 Å². The Balaban J connectivity index is 2.40. The zero-order valence-corrected chi connectivity index (χ0v) is 10.3. The SMILES string of the molecule is CNCCCNS(=O)(=O)Cc1ccccc1. The quantitative estimate of drug-likeness (QED) is 0.693. The molecule has 0 bridgehead atoms. The van der Waals surface area contributed by atoms with Gasteiger partial charge < -0.3 is 5.32 Å². The van der Waals surface area contributed by atoms with Gasteiger partial charge in [-0.15, -0.1) is 0 Å². The molecule has 0 radical (unpaired) electrons. The van der Waals surface area contributed by atoms with E-state index < -0.39 is 10.0 Å². The van der Waals surface area contributed by atoms with Gasteiger partial charge in [-0.2, -0.15) is 0 Å². The average molecular weight is 242 g/mol. The van der Waals surface area contributed by atoms with Crippen LogP contribution in [-0.2, 0) is 15.8 Å². The largest absolute Gasteiger partial charge is 0.320 e. The summed E-state index contributed by atoms with van der Waals surface area (Å²) in [5.41, 5.74) is 0.809. The summed E-state index contributed by atoms with van der Waals surface area (Å²) in [7, 11) is -1.35. The van der Waals surface area contributed by atoms with Gasteiger partial charge in [0.2, 0.25) is 10.0 Å².